The van der Waals surface area contributed by atoms with Crippen LogP contribution in [0, 0.1) is 0 Å². The molecule has 0 unspecified atom stereocenters. The van der Waals surface area contributed by atoms with Crippen LogP contribution in [0.4, 0.5) is 0 Å². The van der Waals surface area contributed by atoms with Crippen LogP contribution in [0.1, 0.15) is 50.1 Å². The zero-order valence-corrected chi connectivity index (χ0v) is 17.8. The van der Waals surface area contributed by atoms with Gasteiger partial charge in [-0.2, -0.15) is 0 Å². The number of likely N-dealkylation sites (tertiary alicyclic amines) is 1. The number of piperidine rings is 1. The third-order valence-corrected chi connectivity index (χ3v) is 4.38. The van der Waals surface area contributed by atoms with Crippen LogP contribution >= 0.6 is 24.0 Å². The minimum absolute atomic E-state index is 0. The lowest BCUT2D eigenvalue weighted by Crippen LogP contribution is -2.45. The molecule has 0 aliphatic carbocycles. The molecule has 0 bridgehead atoms. The van der Waals surface area contributed by atoms with Crippen molar-refractivity contribution in [2.24, 2.45) is 4.99 Å². The first-order chi connectivity index (χ1) is 11.7. The average molecular weight is 463 g/mol. The average Bonchev–Trinajstić information content (AvgIpc) is 3.04. The number of carbonyl (C=O) groups is 1. The molecule has 0 atom stereocenters. The van der Waals surface area contributed by atoms with Gasteiger partial charge >= 0.3 is 0 Å². The van der Waals surface area contributed by atoms with E-state index in [0.717, 1.165) is 55.8 Å². The summed E-state index contributed by atoms with van der Waals surface area (Å²) in [6.07, 6.45) is 5.07. The summed E-state index contributed by atoms with van der Waals surface area (Å²) < 4.78 is 5.37. The number of hydrogen-bond acceptors (Lipinski definition) is 4. The van der Waals surface area contributed by atoms with Crippen molar-refractivity contribution >= 4 is 35.8 Å². The Morgan fingerprint density at radius 2 is 1.92 bits per heavy atom. The molecule has 2 N–H and O–H groups in total. The van der Waals surface area contributed by atoms with Crippen molar-refractivity contribution in [3.63, 3.8) is 0 Å². The summed E-state index contributed by atoms with van der Waals surface area (Å²) in [4.78, 5) is 18.3. The molecule has 2 rings (SSSR count). The second kappa shape index (κ2) is 11.3. The van der Waals surface area contributed by atoms with Crippen molar-refractivity contribution in [1.29, 1.82) is 0 Å². The summed E-state index contributed by atoms with van der Waals surface area (Å²) >= 11 is 0. The molecule has 2 heterocycles. The minimum atomic E-state index is 0. The van der Waals surface area contributed by atoms with E-state index in [1.165, 1.54) is 6.42 Å². The molecule has 1 aromatic heterocycles. The Kier molecular flexibility index (Phi) is 9.84. The highest BCUT2D eigenvalue weighted by molar-refractivity contribution is 14.0. The van der Waals surface area contributed by atoms with Gasteiger partial charge in [-0.05, 0) is 25.7 Å². The van der Waals surface area contributed by atoms with Crippen LogP contribution in [0.5, 0.6) is 0 Å². The van der Waals surface area contributed by atoms with E-state index in [9.17, 15) is 4.79 Å². The molecule has 8 heteroatoms. The Morgan fingerprint density at radius 3 is 2.52 bits per heavy atom. The lowest BCUT2D eigenvalue weighted by molar-refractivity contribution is -0.130. The number of nitrogens with one attached hydrogen (secondary N) is 2. The smallest absolute Gasteiger partial charge is 0.241 e. The highest BCUT2D eigenvalue weighted by atomic mass is 127. The fourth-order valence-corrected chi connectivity index (χ4v) is 2.94. The minimum Gasteiger partial charge on any atom is -0.361 e. The largest absolute Gasteiger partial charge is 0.361 e. The van der Waals surface area contributed by atoms with Crippen molar-refractivity contribution in [3.05, 3.63) is 17.0 Å². The van der Waals surface area contributed by atoms with E-state index in [-0.39, 0.29) is 36.4 Å². The summed E-state index contributed by atoms with van der Waals surface area (Å²) in [7, 11) is 1.70. The number of aryl methyl sites for hydroxylation is 2. The van der Waals surface area contributed by atoms with Crippen molar-refractivity contribution in [2.75, 3.05) is 26.7 Å². The van der Waals surface area contributed by atoms with Gasteiger partial charge in [-0.1, -0.05) is 19.0 Å². The lowest BCUT2D eigenvalue weighted by Gasteiger charge is -2.27. The maximum Gasteiger partial charge on any atom is 0.241 e. The highest BCUT2D eigenvalue weighted by Crippen LogP contribution is 2.15. The van der Waals surface area contributed by atoms with E-state index < -0.39 is 0 Å². The Hall–Kier alpha value is -1.32. The first kappa shape index (κ1) is 21.7. The summed E-state index contributed by atoms with van der Waals surface area (Å²) in [5.74, 6) is 1.65. The number of guanidine groups is 1. The number of rotatable bonds is 6. The van der Waals surface area contributed by atoms with Crippen molar-refractivity contribution in [1.82, 2.24) is 20.7 Å². The quantitative estimate of drug-likeness (QED) is 0.384. The van der Waals surface area contributed by atoms with Crippen LogP contribution in [0.25, 0.3) is 0 Å². The number of aromatic nitrogens is 1. The standard InChI is InChI=1S/C17H29N5O2.HI/c1-4-14-13(15(5-2)24-21-14)11-19-17(18-3)20-12-16(23)22-9-7-6-8-10-22;/h4-12H2,1-3H3,(H2,18,19,20);1H. The van der Waals surface area contributed by atoms with Gasteiger partial charge in [0, 0.05) is 38.7 Å². The van der Waals surface area contributed by atoms with Crippen molar-refractivity contribution in [3.8, 4) is 0 Å². The van der Waals surface area contributed by atoms with Crippen LogP contribution in [0.15, 0.2) is 9.52 Å². The number of nitrogens with zero attached hydrogens (tertiary/aromatic N) is 3. The van der Waals surface area contributed by atoms with E-state index >= 15 is 0 Å². The van der Waals surface area contributed by atoms with Crippen LogP contribution in [-0.2, 0) is 24.2 Å². The van der Waals surface area contributed by atoms with Crippen molar-refractivity contribution < 1.29 is 9.32 Å². The molecule has 25 heavy (non-hydrogen) atoms. The molecule has 0 saturated carbocycles. The SMILES string of the molecule is CCc1noc(CC)c1CNC(=NC)NCC(=O)N1CCCCC1.I. The molecule has 1 fully saturated rings. The molecule has 0 radical (unpaired) electrons. The summed E-state index contributed by atoms with van der Waals surface area (Å²) in [5.41, 5.74) is 2.06. The van der Waals surface area contributed by atoms with E-state index in [4.69, 9.17) is 4.52 Å². The molecule has 1 saturated heterocycles. The first-order valence-electron chi connectivity index (χ1n) is 8.88. The summed E-state index contributed by atoms with van der Waals surface area (Å²) in [6.45, 7) is 6.71. The predicted molar refractivity (Wildman–Crippen MR) is 109 cm³/mol. The van der Waals surface area contributed by atoms with Gasteiger partial charge in [-0.15, -0.1) is 24.0 Å². The second-order valence-electron chi connectivity index (χ2n) is 5.96. The van der Waals surface area contributed by atoms with Crippen LogP contribution < -0.4 is 10.6 Å². The monoisotopic (exact) mass is 463 g/mol. The Balaban J connectivity index is 0.00000312. The zero-order chi connectivity index (χ0) is 17.4. The molecule has 1 aromatic rings. The van der Waals surface area contributed by atoms with Crippen molar-refractivity contribution in [2.45, 2.75) is 52.5 Å². The lowest BCUT2D eigenvalue weighted by atomic mass is 10.1. The molecule has 0 aromatic carbocycles. The van der Waals surface area contributed by atoms with Crippen LogP contribution in [0.3, 0.4) is 0 Å². The van der Waals surface area contributed by atoms with E-state index in [1.54, 1.807) is 7.05 Å². The van der Waals surface area contributed by atoms with Gasteiger partial charge in [0.25, 0.3) is 0 Å². The summed E-state index contributed by atoms with van der Waals surface area (Å²) in [5, 5.41) is 10.5. The third-order valence-electron chi connectivity index (χ3n) is 4.38. The molecule has 1 amide bonds. The second-order valence-corrected chi connectivity index (χ2v) is 5.96. The number of amides is 1. The molecule has 1 aliphatic heterocycles. The number of halogens is 1. The Bertz CT molecular complexity index is 546. The third kappa shape index (κ3) is 6.16. The zero-order valence-electron chi connectivity index (χ0n) is 15.4. The van der Waals surface area contributed by atoms with Gasteiger partial charge < -0.3 is 20.1 Å². The van der Waals surface area contributed by atoms with Gasteiger partial charge in [-0.3, -0.25) is 9.79 Å². The molecule has 1 aliphatic rings. The molecular weight excluding hydrogens is 433 g/mol. The summed E-state index contributed by atoms with van der Waals surface area (Å²) in [6, 6.07) is 0. The number of aliphatic imine (C=N–C) groups is 1. The molecule has 142 valence electrons. The first-order valence-corrected chi connectivity index (χ1v) is 8.88. The van der Waals surface area contributed by atoms with Gasteiger partial charge in [0.1, 0.15) is 5.76 Å². The van der Waals surface area contributed by atoms with Gasteiger partial charge in [-0.25, -0.2) is 0 Å². The van der Waals surface area contributed by atoms with Crippen LogP contribution in [0.2, 0.25) is 0 Å². The van der Waals surface area contributed by atoms with Gasteiger partial charge in [0.2, 0.25) is 5.91 Å². The van der Waals surface area contributed by atoms with Gasteiger partial charge in [0.05, 0.1) is 12.2 Å². The normalized spacial score (nSPS) is 14.8. The maximum absolute atomic E-state index is 12.2. The van der Waals surface area contributed by atoms with E-state index in [2.05, 4.69) is 27.7 Å². The Labute approximate surface area is 167 Å². The molecular formula is C17H30IN5O2. The van der Waals surface area contributed by atoms with Gasteiger partial charge in [0.15, 0.2) is 5.96 Å². The fourth-order valence-electron chi connectivity index (χ4n) is 2.94. The molecule has 0 spiro atoms. The number of hydrogen-bond donors (Lipinski definition) is 2. The highest BCUT2D eigenvalue weighted by Gasteiger charge is 2.17. The molecule has 7 nitrogen and oxygen atoms in total. The van der Waals surface area contributed by atoms with E-state index in [1.807, 2.05) is 11.8 Å². The maximum atomic E-state index is 12.2. The van der Waals surface area contributed by atoms with E-state index in [0.29, 0.717) is 12.5 Å². The van der Waals surface area contributed by atoms with Crippen LogP contribution in [-0.4, -0.2) is 48.6 Å². The fraction of sp³-hybridized carbons (Fsp3) is 0.706. The Morgan fingerprint density at radius 1 is 1.20 bits per heavy atom. The topological polar surface area (TPSA) is 82.8 Å². The predicted octanol–water partition coefficient (Wildman–Crippen LogP) is 2.09. The number of carbonyl (C=O) groups excluding carboxylic acids is 1.